The normalized spacial score (nSPS) is 11.1. The van der Waals surface area contributed by atoms with Gasteiger partial charge in [0.15, 0.2) is 0 Å². The summed E-state index contributed by atoms with van der Waals surface area (Å²) in [5, 5.41) is 11.0. The van der Waals surface area contributed by atoms with Crippen LogP contribution in [0.5, 0.6) is 0 Å². The summed E-state index contributed by atoms with van der Waals surface area (Å²) in [5.41, 5.74) is 0.662. The molecule has 0 aliphatic rings. The molecule has 7 heteroatoms. The number of halogens is 1. The predicted octanol–water partition coefficient (Wildman–Crippen LogP) is 4.71. The minimum atomic E-state index is -0.670. The lowest BCUT2D eigenvalue weighted by Crippen LogP contribution is -2.37. The smallest absolute Gasteiger partial charge is 0.410 e. The van der Waals surface area contributed by atoms with E-state index < -0.39 is 16.6 Å². The molecule has 144 valence electrons. The molecule has 0 aliphatic heterocycles. The molecule has 6 nitrogen and oxygen atoms in total. The molecule has 0 saturated carbocycles. The summed E-state index contributed by atoms with van der Waals surface area (Å²) >= 11 is 0. The first-order valence-electron chi connectivity index (χ1n) is 8.60. The number of carbonyl (C=O) groups is 1. The molecule has 2 rings (SSSR count). The van der Waals surface area contributed by atoms with E-state index in [1.165, 1.54) is 29.2 Å². The second kappa shape index (κ2) is 8.62. The number of benzene rings is 2. The number of ether oxygens (including phenoxy) is 1. The highest BCUT2D eigenvalue weighted by Gasteiger charge is 2.22. The Morgan fingerprint density at radius 1 is 1.15 bits per heavy atom. The molecule has 0 radical (unpaired) electrons. The number of rotatable bonds is 6. The monoisotopic (exact) mass is 374 g/mol. The zero-order valence-electron chi connectivity index (χ0n) is 15.6. The molecule has 0 heterocycles. The van der Waals surface area contributed by atoms with Crippen molar-refractivity contribution < 1.29 is 18.8 Å². The van der Waals surface area contributed by atoms with Crippen molar-refractivity contribution in [3.05, 3.63) is 75.6 Å². The Labute approximate surface area is 157 Å². The Kier molecular flexibility index (Phi) is 6.50. The van der Waals surface area contributed by atoms with Crippen LogP contribution in [0, 0.1) is 15.9 Å². The third-order valence-electron chi connectivity index (χ3n) is 3.71. The van der Waals surface area contributed by atoms with Gasteiger partial charge in [0.1, 0.15) is 11.4 Å². The van der Waals surface area contributed by atoms with E-state index in [1.54, 1.807) is 45.0 Å². The highest BCUT2D eigenvalue weighted by molar-refractivity contribution is 5.68. The van der Waals surface area contributed by atoms with E-state index in [0.717, 1.165) is 5.56 Å². The molecule has 0 atom stereocenters. The van der Waals surface area contributed by atoms with Gasteiger partial charge in [0.05, 0.1) is 4.92 Å². The van der Waals surface area contributed by atoms with Crippen LogP contribution in [0.4, 0.5) is 14.9 Å². The Hall–Kier alpha value is -2.96. The first-order chi connectivity index (χ1) is 12.6. The van der Waals surface area contributed by atoms with E-state index >= 15 is 0 Å². The zero-order valence-corrected chi connectivity index (χ0v) is 15.6. The van der Waals surface area contributed by atoms with Crippen LogP contribution in [0.3, 0.4) is 0 Å². The average molecular weight is 374 g/mol. The van der Waals surface area contributed by atoms with E-state index in [4.69, 9.17) is 4.74 Å². The maximum Gasteiger partial charge on any atom is 0.410 e. The van der Waals surface area contributed by atoms with Gasteiger partial charge in [-0.2, -0.15) is 0 Å². The number of carbonyl (C=O) groups excluding carboxylic acids is 1. The van der Waals surface area contributed by atoms with Gasteiger partial charge in [-0.1, -0.05) is 24.3 Å². The Morgan fingerprint density at radius 3 is 2.44 bits per heavy atom. The number of hydrogen-bond donors (Lipinski definition) is 0. The van der Waals surface area contributed by atoms with Crippen LogP contribution in [-0.4, -0.2) is 28.1 Å². The Morgan fingerprint density at radius 2 is 1.81 bits per heavy atom. The molecule has 27 heavy (non-hydrogen) atoms. The van der Waals surface area contributed by atoms with Crippen molar-refractivity contribution in [2.45, 2.75) is 39.3 Å². The molecule has 0 fully saturated rings. The molecule has 2 aromatic rings. The molecule has 0 saturated heterocycles. The van der Waals surface area contributed by atoms with E-state index in [2.05, 4.69) is 0 Å². The predicted molar refractivity (Wildman–Crippen MR) is 99.8 cm³/mol. The van der Waals surface area contributed by atoms with Gasteiger partial charge in [-0.15, -0.1) is 0 Å². The van der Waals surface area contributed by atoms with Gasteiger partial charge in [0.2, 0.25) is 0 Å². The van der Waals surface area contributed by atoms with Crippen molar-refractivity contribution in [3.63, 3.8) is 0 Å². The lowest BCUT2D eigenvalue weighted by molar-refractivity contribution is -0.384. The van der Waals surface area contributed by atoms with Crippen molar-refractivity contribution in [1.29, 1.82) is 0 Å². The zero-order chi connectivity index (χ0) is 20.0. The van der Waals surface area contributed by atoms with E-state index in [0.29, 0.717) is 18.5 Å². The molecule has 2 aromatic carbocycles. The summed E-state index contributed by atoms with van der Waals surface area (Å²) in [6.07, 6.45) is -0.0863. The van der Waals surface area contributed by atoms with Gasteiger partial charge in [-0.05, 0) is 50.5 Å². The summed E-state index contributed by atoms with van der Waals surface area (Å²) < 4.78 is 18.8. The largest absolute Gasteiger partial charge is 0.444 e. The minimum absolute atomic E-state index is 0.0400. The van der Waals surface area contributed by atoms with Crippen molar-refractivity contribution in [1.82, 2.24) is 4.90 Å². The van der Waals surface area contributed by atoms with E-state index in [-0.39, 0.29) is 18.0 Å². The first kappa shape index (κ1) is 20.4. The standard InChI is InChI=1S/C20H23FN2O4/c1-20(2,3)27-19(24)22(11-10-15-6-4-8-17(21)12-15)14-16-7-5-9-18(13-16)23(25)26/h4-9,12-13H,10-11,14H2,1-3H3. The first-order valence-corrected chi connectivity index (χ1v) is 8.60. The van der Waals surface area contributed by atoms with Crippen molar-refractivity contribution in [2.24, 2.45) is 0 Å². The molecule has 1 amide bonds. The fourth-order valence-electron chi connectivity index (χ4n) is 2.51. The summed E-state index contributed by atoms with van der Waals surface area (Å²) in [7, 11) is 0. The summed E-state index contributed by atoms with van der Waals surface area (Å²) in [6.45, 7) is 5.75. The summed E-state index contributed by atoms with van der Waals surface area (Å²) in [4.78, 5) is 24.5. The number of nitro groups is 1. The quantitative estimate of drug-likeness (QED) is 0.542. The van der Waals surface area contributed by atoms with E-state index in [9.17, 15) is 19.3 Å². The summed E-state index contributed by atoms with van der Waals surface area (Å²) in [5.74, 6) is -0.338. The highest BCUT2D eigenvalue weighted by Crippen LogP contribution is 2.17. The number of amides is 1. The van der Waals surface area contributed by atoms with Gasteiger partial charge in [-0.3, -0.25) is 10.1 Å². The van der Waals surface area contributed by atoms with Crippen LogP contribution in [-0.2, 0) is 17.7 Å². The Bertz CT molecular complexity index is 818. The third-order valence-corrected chi connectivity index (χ3v) is 3.71. The van der Waals surface area contributed by atoms with Crippen LogP contribution in [0.25, 0.3) is 0 Å². The fourth-order valence-corrected chi connectivity index (χ4v) is 2.51. The maximum atomic E-state index is 13.4. The van der Waals surface area contributed by atoms with Crippen molar-refractivity contribution >= 4 is 11.8 Å². The molecule has 0 aliphatic carbocycles. The highest BCUT2D eigenvalue weighted by atomic mass is 19.1. The maximum absolute atomic E-state index is 13.4. The third kappa shape index (κ3) is 6.69. The van der Waals surface area contributed by atoms with Crippen LogP contribution < -0.4 is 0 Å². The van der Waals surface area contributed by atoms with Gasteiger partial charge in [-0.25, -0.2) is 9.18 Å². The van der Waals surface area contributed by atoms with Gasteiger partial charge < -0.3 is 9.64 Å². The van der Waals surface area contributed by atoms with Gasteiger partial charge in [0.25, 0.3) is 5.69 Å². The molecular formula is C20H23FN2O4. The van der Waals surface area contributed by atoms with Gasteiger partial charge in [0, 0.05) is 25.2 Å². The second-order valence-electron chi connectivity index (χ2n) is 7.21. The molecule has 0 aromatic heterocycles. The van der Waals surface area contributed by atoms with Crippen LogP contribution in [0.2, 0.25) is 0 Å². The SMILES string of the molecule is CC(C)(C)OC(=O)N(CCc1cccc(F)c1)Cc1cccc([N+](=O)[O-])c1. The van der Waals surface area contributed by atoms with Crippen LogP contribution in [0.1, 0.15) is 31.9 Å². The van der Waals surface area contributed by atoms with Crippen LogP contribution in [0.15, 0.2) is 48.5 Å². The van der Waals surface area contributed by atoms with E-state index in [1.807, 2.05) is 0 Å². The number of non-ortho nitro benzene ring substituents is 1. The van der Waals surface area contributed by atoms with Crippen molar-refractivity contribution in [3.8, 4) is 0 Å². The number of nitrogens with zero attached hydrogens (tertiary/aromatic N) is 2. The van der Waals surface area contributed by atoms with Crippen molar-refractivity contribution in [2.75, 3.05) is 6.54 Å². The lowest BCUT2D eigenvalue weighted by atomic mass is 10.1. The number of hydrogen-bond acceptors (Lipinski definition) is 4. The second-order valence-corrected chi connectivity index (χ2v) is 7.21. The Balaban J connectivity index is 2.17. The number of nitro benzene ring substituents is 1. The molecular weight excluding hydrogens is 351 g/mol. The summed E-state index contributed by atoms with van der Waals surface area (Å²) in [6, 6.07) is 12.3. The molecule has 0 bridgehead atoms. The molecule has 0 N–H and O–H groups in total. The van der Waals surface area contributed by atoms with Crippen LogP contribution >= 0.6 is 0 Å². The molecule has 0 spiro atoms. The lowest BCUT2D eigenvalue weighted by Gasteiger charge is -2.27. The fraction of sp³-hybridized carbons (Fsp3) is 0.350. The minimum Gasteiger partial charge on any atom is -0.444 e. The van der Waals surface area contributed by atoms with Gasteiger partial charge >= 0.3 is 6.09 Å². The molecule has 0 unspecified atom stereocenters. The average Bonchev–Trinajstić information content (AvgIpc) is 2.57. The topological polar surface area (TPSA) is 72.7 Å².